The van der Waals surface area contributed by atoms with Crippen molar-refractivity contribution in [1.29, 1.82) is 0 Å². The Labute approximate surface area is 185 Å². The van der Waals surface area contributed by atoms with E-state index in [0.717, 1.165) is 16.3 Å². The van der Waals surface area contributed by atoms with Gasteiger partial charge in [0.15, 0.2) is 5.76 Å². The molecule has 1 N–H and O–H groups in total. The number of aryl methyl sites for hydroxylation is 3. The predicted octanol–water partition coefficient (Wildman–Crippen LogP) is 3.76. The lowest BCUT2D eigenvalue weighted by molar-refractivity contribution is -0.120. The van der Waals surface area contributed by atoms with Crippen LogP contribution < -0.4 is 5.32 Å². The third-order valence-corrected chi connectivity index (χ3v) is 8.27. The van der Waals surface area contributed by atoms with E-state index in [1.807, 2.05) is 36.6 Å². The van der Waals surface area contributed by atoms with Crippen LogP contribution in [0.1, 0.15) is 29.3 Å². The zero-order valence-corrected chi connectivity index (χ0v) is 19.2. The van der Waals surface area contributed by atoms with Gasteiger partial charge >= 0.3 is 0 Å². The molecule has 1 saturated heterocycles. The van der Waals surface area contributed by atoms with Gasteiger partial charge in [0.1, 0.15) is 10.6 Å². The fourth-order valence-electron chi connectivity index (χ4n) is 3.81. The molecule has 0 spiro atoms. The number of piperidine rings is 1. The largest absolute Gasteiger partial charge is 0.360 e. The summed E-state index contributed by atoms with van der Waals surface area (Å²) in [5.41, 5.74) is 2.90. The number of anilines is 1. The number of amides is 1. The number of nitrogens with one attached hydrogen (secondary N) is 1. The van der Waals surface area contributed by atoms with Crippen LogP contribution in [0.4, 0.5) is 5.69 Å². The molecule has 1 aliphatic rings. The first-order valence-corrected chi connectivity index (χ1v) is 12.3. The van der Waals surface area contributed by atoms with Crippen molar-refractivity contribution in [3.8, 4) is 11.3 Å². The number of hydrogen-bond donors (Lipinski definition) is 1. The molecule has 1 amide bonds. The summed E-state index contributed by atoms with van der Waals surface area (Å²) in [6.45, 7) is 5.65. The average molecular weight is 461 g/mol. The number of sulfonamides is 1. The topological polar surface area (TPSA) is 105 Å². The summed E-state index contributed by atoms with van der Waals surface area (Å²) in [6, 6.07) is 7.50. The van der Waals surface area contributed by atoms with E-state index in [1.165, 1.54) is 4.31 Å². The molecule has 31 heavy (non-hydrogen) atoms. The zero-order chi connectivity index (χ0) is 22.2. The van der Waals surface area contributed by atoms with Crippen LogP contribution >= 0.6 is 11.3 Å². The molecule has 8 nitrogen and oxygen atoms in total. The zero-order valence-electron chi connectivity index (χ0n) is 17.6. The second-order valence-electron chi connectivity index (χ2n) is 7.67. The molecule has 0 radical (unpaired) electrons. The molecule has 0 aliphatic carbocycles. The first-order chi connectivity index (χ1) is 14.8. The van der Waals surface area contributed by atoms with Crippen molar-refractivity contribution in [3.63, 3.8) is 0 Å². The lowest BCUT2D eigenvalue weighted by Crippen LogP contribution is -2.43. The summed E-state index contributed by atoms with van der Waals surface area (Å²) in [4.78, 5) is 17.4. The first kappa shape index (κ1) is 21.7. The van der Waals surface area contributed by atoms with Crippen LogP contribution in [0.15, 0.2) is 39.1 Å². The number of thiazole rings is 1. The second-order valence-corrected chi connectivity index (χ2v) is 10.6. The molecule has 0 bridgehead atoms. The van der Waals surface area contributed by atoms with Gasteiger partial charge in [0, 0.05) is 29.7 Å². The molecule has 3 aromatic rings. The number of hydrogen-bond acceptors (Lipinski definition) is 7. The van der Waals surface area contributed by atoms with Crippen molar-refractivity contribution in [2.24, 2.45) is 5.92 Å². The Hall–Kier alpha value is -2.56. The normalized spacial score (nSPS) is 17.6. The van der Waals surface area contributed by atoms with E-state index in [0.29, 0.717) is 30.8 Å². The Bertz CT molecular complexity index is 1180. The molecular formula is C21H24N4O4S2. The van der Waals surface area contributed by atoms with E-state index in [-0.39, 0.29) is 23.1 Å². The van der Waals surface area contributed by atoms with Gasteiger partial charge in [-0.25, -0.2) is 13.4 Å². The maximum atomic E-state index is 13.1. The van der Waals surface area contributed by atoms with Crippen molar-refractivity contribution in [2.45, 2.75) is 38.5 Å². The molecule has 164 valence electrons. The van der Waals surface area contributed by atoms with Crippen LogP contribution in [0.2, 0.25) is 0 Å². The van der Waals surface area contributed by atoms with Crippen molar-refractivity contribution >= 4 is 33.0 Å². The van der Waals surface area contributed by atoms with E-state index in [2.05, 4.69) is 15.5 Å². The summed E-state index contributed by atoms with van der Waals surface area (Å²) in [5.74, 6) is -0.347. The summed E-state index contributed by atoms with van der Waals surface area (Å²) in [7, 11) is -3.76. The average Bonchev–Trinajstić information content (AvgIpc) is 3.33. The third kappa shape index (κ3) is 4.41. The SMILES string of the molecule is Cc1nc(-c2ccc(NC(=O)C3CCCN(S(=O)(=O)c4c(C)noc4C)C3)cc2)cs1. The summed E-state index contributed by atoms with van der Waals surface area (Å²) < 4.78 is 32.6. The van der Waals surface area contributed by atoms with Gasteiger partial charge in [0.2, 0.25) is 15.9 Å². The second kappa shape index (κ2) is 8.52. The number of carbonyl (C=O) groups excluding carboxylic acids is 1. The molecule has 0 saturated carbocycles. The first-order valence-electron chi connectivity index (χ1n) is 10.0. The molecule has 10 heteroatoms. The van der Waals surface area contributed by atoms with E-state index < -0.39 is 15.9 Å². The number of aromatic nitrogens is 2. The molecule has 1 fully saturated rings. The lowest BCUT2D eigenvalue weighted by Gasteiger charge is -2.31. The Kier molecular flexibility index (Phi) is 5.96. The number of carbonyl (C=O) groups is 1. The summed E-state index contributed by atoms with van der Waals surface area (Å²) >= 11 is 1.59. The Morgan fingerprint density at radius 3 is 2.58 bits per heavy atom. The summed E-state index contributed by atoms with van der Waals surface area (Å²) in [5, 5.41) is 9.67. The van der Waals surface area contributed by atoms with Gasteiger partial charge in [-0.05, 0) is 45.7 Å². The van der Waals surface area contributed by atoms with E-state index in [1.54, 1.807) is 25.2 Å². The van der Waals surface area contributed by atoms with Crippen LogP contribution in [0.5, 0.6) is 0 Å². The highest BCUT2D eigenvalue weighted by molar-refractivity contribution is 7.89. The maximum absolute atomic E-state index is 13.1. The fourth-order valence-corrected chi connectivity index (χ4v) is 6.25. The van der Waals surface area contributed by atoms with Gasteiger partial charge in [-0.3, -0.25) is 4.79 Å². The van der Waals surface area contributed by atoms with Gasteiger partial charge in [0.25, 0.3) is 0 Å². The minimum atomic E-state index is -3.76. The maximum Gasteiger partial charge on any atom is 0.248 e. The standard InChI is InChI=1S/C21H24N4O4S2/c1-13-20(14(2)29-24-13)31(27,28)25-10-4-5-17(11-25)21(26)23-18-8-6-16(7-9-18)19-12-30-15(3)22-19/h6-9,12,17H,4-5,10-11H2,1-3H3,(H,23,26). The Balaban J connectivity index is 1.44. The highest BCUT2D eigenvalue weighted by Crippen LogP contribution is 2.29. The van der Waals surface area contributed by atoms with Crippen LogP contribution in [0.3, 0.4) is 0 Å². The minimum Gasteiger partial charge on any atom is -0.360 e. The van der Waals surface area contributed by atoms with Crippen molar-refractivity contribution in [3.05, 3.63) is 46.1 Å². The van der Waals surface area contributed by atoms with Crippen LogP contribution in [0.25, 0.3) is 11.3 Å². The Morgan fingerprint density at radius 1 is 1.23 bits per heavy atom. The number of rotatable bonds is 5. The van der Waals surface area contributed by atoms with Crippen LogP contribution in [-0.4, -0.2) is 41.9 Å². The number of benzene rings is 1. The molecule has 4 rings (SSSR count). The third-order valence-electron chi connectivity index (χ3n) is 5.39. The van der Waals surface area contributed by atoms with E-state index >= 15 is 0 Å². The monoisotopic (exact) mass is 460 g/mol. The summed E-state index contributed by atoms with van der Waals surface area (Å²) in [6.07, 6.45) is 1.25. The van der Waals surface area contributed by atoms with Gasteiger partial charge in [-0.15, -0.1) is 11.3 Å². The van der Waals surface area contributed by atoms with Crippen molar-refractivity contribution in [2.75, 3.05) is 18.4 Å². The fraction of sp³-hybridized carbons (Fsp3) is 0.381. The molecule has 1 aliphatic heterocycles. The quantitative estimate of drug-likeness (QED) is 0.621. The van der Waals surface area contributed by atoms with Gasteiger partial charge in [0.05, 0.1) is 16.6 Å². The molecule has 1 atom stereocenters. The lowest BCUT2D eigenvalue weighted by atomic mass is 9.98. The molecule has 1 aromatic carbocycles. The molecule has 3 heterocycles. The molecule has 2 aromatic heterocycles. The highest BCUT2D eigenvalue weighted by Gasteiger charge is 2.36. The predicted molar refractivity (Wildman–Crippen MR) is 118 cm³/mol. The minimum absolute atomic E-state index is 0.0985. The highest BCUT2D eigenvalue weighted by atomic mass is 32.2. The smallest absolute Gasteiger partial charge is 0.248 e. The van der Waals surface area contributed by atoms with Crippen molar-refractivity contribution < 1.29 is 17.7 Å². The van der Waals surface area contributed by atoms with Gasteiger partial charge in [-0.2, -0.15) is 4.31 Å². The molecular weight excluding hydrogens is 436 g/mol. The van der Waals surface area contributed by atoms with E-state index in [4.69, 9.17) is 4.52 Å². The Morgan fingerprint density at radius 2 is 1.97 bits per heavy atom. The van der Waals surface area contributed by atoms with Gasteiger partial charge in [-0.1, -0.05) is 17.3 Å². The number of nitrogens with zero attached hydrogens (tertiary/aromatic N) is 3. The van der Waals surface area contributed by atoms with Crippen LogP contribution in [-0.2, 0) is 14.8 Å². The molecule has 1 unspecified atom stereocenters. The van der Waals surface area contributed by atoms with Gasteiger partial charge < -0.3 is 9.84 Å². The van der Waals surface area contributed by atoms with Crippen LogP contribution in [0, 0.1) is 26.7 Å². The van der Waals surface area contributed by atoms with E-state index in [9.17, 15) is 13.2 Å². The van der Waals surface area contributed by atoms with Crippen molar-refractivity contribution in [1.82, 2.24) is 14.4 Å².